The Bertz CT molecular complexity index is 252. The van der Waals surface area contributed by atoms with Crippen LogP contribution in [-0.2, 0) is 4.79 Å². The molecule has 2 unspecified atom stereocenters. The van der Waals surface area contributed by atoms with Gasteiger partial charge in [-0.25, -0.2) is 0 Å². The molecule has 1 aliphatic heterocycles. The van der Waals surface area contributed by atoms with Gasteiger partial charge < -0.3 is 0 Å². The summed E-state index contributed by atoms with van der Waals surface area (Å²) in [4.78, 5) is 11.8. The lowest BCUT2D eigenvalue weighted by molar-refractivity contribution is -0.118. The van der Waals surface area contributed by atoms with E-state index < -0.39 is 0 Å². The fourth-order valence-electron chi connectivity index (χ4n) is 1.44. The van der Waals surface area contributed by atoms with Gasteiger partial charge in [-0.1, -0.05) is 6.92 Å². The van der Waals surface area contributed by atoms with Gasteiger partial charge in [0.2, 0.25) is 0 Å². The van der Waals surface area contributed by atoms with Crippen LogP contribution in [0.5, 0.6) is 0 Å². The second kappa shape index (κ2) is 6.42. The first-order chi connectivity index (χ1) is 6.75. The van der Waals surface area contributed by atoms with Crippen molar-refractivity contribution in [1.29, 1.82) is 0 Å². The van der Waals surface area contributed by atoms with Crippen LogP contribution in [-0.4, -0.2) is 27.8 Å². The van der Waals surface area contributed by atoms with Gasteiger partial charge in [0.15, 0.2) is 0 Å². The highest BCUT2D eigenvalue weighted by Gasteiger charge is 2.27. The van der Waals surface area contributed by atoms with Gasteiger partial charge in [0.1, 0.15) is 5.78 Å². The molecule has 1 aliphatic rings. The number of hydrogen-bond acceptors (Lipinski definition) is 3. The fourth-order valence-corrected chi connectivity index (χ4v) is 4.21. The average molecular weight is 228 g/mol. The molecule has 0 spiro atoms. The van der Waals surface area contributed by atoms with Gasteiger partial charge in [0.25, 0.3) is 0 Å². The van der Waals surface area contributed by atoms with Crippen LogP contribution >= 0.6 is 23.5 Å². The quantitative estimate of drug-likeness (QED) is 0.691. The maximum atomic E-state index is 11.8. The fraction of sp³-hybridized carbons (Fsp3) is 0.727. The van der Waals surface area contributed by atoms with Crippen LogP contribution in [0.4, 0.5) is 0 Å². The van der Waals surface area contributed by atoms with E-state index in [1.54, 1.807) is 0 Å². The van der Waals surface area contributed by atoms with E-state index in [2.05, 4.69) is 18.8 Å². The Morgan fingerprint density at radius 3 is 2.79 bits per heavy atom. The second-order valence-electron chi connectivity index (χ2n) is 3.26. The summed E-state index contributed by atoms with van der Waals surface area (Å²) in [6.45, 7) is 3.98. The Morgan fingerprint density at radius 1 is 1.43 bits per heavy atom. The summed E-state index contributed by atoms with van der Waals surface area (Å²) >= 11 is 3.73. The van der Waals surface area contributed by atoms with E-state index >= 15 is 0 Å². The minimum absolute atomic E-state index is 0.215. The van der Waals surface area contributed by atoms with Crippen molar-refractivity contribution in [2.45, 2.75) is 37.2 Å². The summed E-state index contributed by atoms with van der Waals surface area (Å²) in [5.41, 5.74) is 0. The molecular weight excluding hydrogens is 212 g/mol. The maximum absolute atomic E-state index is 11.8. The summed E-state index contributed by atoms with van der Waals surface area (Å²) < 4.78 is 0. The van der Waals surface area contributed by atoms with Gasteiger partial charge in [0, 0.05) is 29.6 Å². The van der Waals surface area contributed by atoms with Crippen LogP contribution in [0.25, 0.3) is 0 Å². The molecule has 1 rings (SSSR count). The number of carbonyl (C=O) groups is 1. The zero-order valence-corrected chi connectivity index (χ0v) is 10.3. The highest BCUT2D eigenvalue weighted by Crippen LogP contribution is 2.32. The zero-order chi connectivity index (χ0) is 10.4. The number of Topliss-reactive ketones (excluding diaryl/α,β-unsaturated/α-hetero) is 1. The molecule has 0 aromatic rings. The molecule has 1 saturated heterocycles. The van der Waals surface area contributed by atoms with Gasteiger partial charge in [-0.15, -0.1) is 23.6 Å². The Morgan fingerprint density at radius 2 is 2.14 bits per heavy atom. The minimum Gasteiger partial charge on any atom is -0.298 e. The van der Waals surface area contributed by atoms with E-state index in [1.807, 2.05) is 30.4 Å². The molecule has 0 bridgehead atoms. The molecule has 1 nitrogen and oxygen atoms in total. The smallest absolute Gasteiger partial charge is 0.147 e. The molecule has 78 valence electrons. The second-order valence-corrected chi connectivity index (χ2v) is 5.99. The van der Waals surface area contributed by atoms with Crippen LogP contribution in [0.1, 0.15) is 26.7 Å². The lowest BCUT2D eigenvalue weighted by Gasteiger charge is -2.26. The lowest BCUT2D eigenvalue weighted by atomic mass is 10.1. The van der Waals surface area contributed by atoms with Crippen molar-refractivity contribution in [1.82, 2.24) is 0 Å². The number of ketones is 1. The van der Waals surface area contributed by atoms with Crippen LogP contribution < -0.4 is 0 Å². The summed E-state index contributed by atoms with van der Waals surface area (Å²) in [7, 11) is 0. The van der Waals surface area contributed by atoms with E-state index in [4.69, 9.17) is 0 Å². The molecule has 14 heavy (non-hydrogen) atoms. The predicted molar refractivity (Wildman–Crippen MR) is 65.9 cm³/mol. The first-order valence-corrected chi connectivity index (χ1v) is 7.01. The topological polar surface area (TPSA) is 17.1 Å². The van der Waals surface area contributed by atoms with Crippen LogP contribution in [0.2, 0.25) is 0 Å². The zero-order valence-electron chi connectivity index (χ0n) is 8.71. The van der Waals surface area contributed by atoms with Gasteiger partial charge in [-0.2, -0.15) is 11.8 Å². The van der Waals surface area contributed by atoms with E-state index in [0.29, 0.717) is 17.5 Å². The molecule has 0 aromatic carbocycles. The molecule has 0 radical (unpaired) electrons. The molecular formula is C11H16OS2. The maximum Gasteiger partial charge on any atom is 0.147 e. The minimum atomic E-state index is 0.215. The highest BCUT2D eigenvalue weighted by molar-refractivity contribution is 8.07. The third-order valence-electron chi connectivity index (χ3n) is 2.18. The molecule has 1 fully saturated rings. The van der Waals surface area contributed by atoms with Crippen molar-refractivity contribution < 1.29 is 4.79 Å². The Labute approximate surface area is 94.8 Å². The summed E-state index contributed by atoms with van der Waals surface area (Å²) in [5, 5.41) is 0.697. The molecule has 3 heteroatoms. The van der Waals surface area contributed by atoms with Crippen LogP contribution in [0.15, 0.2) is 0 Å². The Balaban J connectivity index is 2.36. The molecule has 0 aliphatic carbocycles. The highest BCUT2D eigenvalue weighted by atomic mass is 32.2. The van der Waals surface area contributed by atoms with E-state index in [-0.39, 0.29) is 5.25 Å². The Kier molecular flexibility index (Phi) is 5.50. The van der Waals surface area contributed by atoms with Gasteiger partial charge in [0.05, 0.1) is 5.25 Å². The molecule has 0 amide bonds. The molecule has 2 atom stereocenters. The van der Waals surface area contributed by atoms with Gasteiger partial charge in [-0.05, 0) is 6.92 Å². The number of carbonyl (C=O) groups excluding carboxylic acids is 1. The first kappa shape index (κ1) is 12.0. The van der Waals surface area contributed by atoms with Crippen LogP contribution in [0.3, 0.4) is 0 Å². The molecule has 1 heterocycles. The monoisotopic (exact) mass is 228 g/mol. The molecule has 0 saturated carbocycles. The predicted octanol–water partition coefficient (Wildman–Crippen LogP) is 2.60. The summed E-state index contributed by atoms with van der Waals surface area (Å²) in [5.74, 6) is 8.46. The third-order valence-corrected chi connectivity index (χ3v) is 5.32. The number of rotatable bonds is 3. The number of hydrogen-bond donors (Lipinski definition) is 0. The van der Waals surface area contributed by atoms with E-state index in [9.17, 15) is 4.79 Å². The average Bonchev–Trinajstić information content (AvgIpc) is 2.18. The Hall–Kier alpha value is -0.0700. The summed E-state index contributed by atoms with van der Waals surface area (Å²) in [6, 6.07) is 0. The molecule has 0 N–H and O–H groups in total. The first-order valence-electron chi connectivity index (χ1n) is 4.91. The van der Waals surface area contributed by atoms with Gasteiger partial charge >= 0.3 is 0 Å². The normalized spacial score (nSPS) is 26.4. The van der Waals surface area contributed by atoms with Crippen LogP contribution in [0, 0.1) is 11.8 Å². The molecule has 0 aromatic heterocycles. The van der Waals surface area contributed by atoms with Crippen molar-refractivity contribution >= 4 is 29.3 Å². The van der Waals surface area contributed by atoms with Crippen molar-refractivity contribution in [3.63, 3.8) is 0 Å². The lowest BCUT2D eigenvalue weighted by Crippen LogP contribution is -2.30. The van der Waals surface area contributed by atoms with Crippen molar-refractivity contribution in [2.75, 3.05) is 11.5 Å². The van der Waals surface area contributed by atoms with E-state index in [0.717, 1.165) is 12.2 Å². The standard InChI is InChI=1S/C11H16OS2/c1-3-4-5-6-10(12)11-9(2)13-7-8-14-11/h9,11H,5-8H2,1-2H3. The SMILES string of the molecule is CC#CCCC(=O)C1SCCSC1C. The van der Waals surface area contributed by atoms with E-state index in [1.165, 1.54) is 5.75 Å². The third kappa shape index (κ3) is 3.59. The van der Waals surface area contributed by atoms with Crippen molar-refractivity contribution in [3.05, 3.63) is 0 Å². The number of thioether (sulfide) groups is 2. The summed E-state index contributed by atoms with van der Waals surface area (Å²) in [6.07, 6.45) is 1.35. The van der Waals surface area contributed by atoms with Gasteiger partial charge in [-0.3, -0.25) is 4.79 Å². The van der Waals surface area contributed by atoms with Crippen molar-refractivity contribution in [3.8, 4) is 11.8 Å². The van der Waals surface area contributed by atoms with Crippen molar-refractivity contribution in [2.24, 2.45) is 0 Å². The largest absolute Gasteiger partial charge is 0.298 e.